The van der Waals surface area contributed by atoms with E-state index >= 15 is 0 Å². The lowest BCUT2D eigenvalue weighted by molar-refractivity contribution is -0.384. The Morgan fingerprint density at radius 3 is 2.42 bits per heavy atom. The van der Waals surface area contributed by atoms with E-state index in [4.69, 9.17) is 4.74 Å². The van der Waals surface area contributed by atoms with E-state index in [1.807, 2.05) is 35.2 Å². The first kappa shape index (κ1) is 26.8. The van der Waals surface area contributed by atoms with Crippen LogP contribution in [0, 0.1) is 10.1 Å². The number of ether oxygens (including phenoxy) is 1. The number of nitrogens with zero attached hydrogens (tertiary/aromatic N) is 4. The Balaban J connectivity index is 1.48. The van der Waals surface area contributed by atoms with Gasteiger partial charge >= 0.3 is 0 Å². The zero-order chi connectivity index (χ0) is 27.1. The van der Waals surface area contributed by atoms with Gasteiger partial charge in [0.2, 0.25) is 10.0 Å². The lowest BCUT2D eigenvalue weighted by Crippen LogP contribution is -2.36. The fraction of sp³-hybridized carbons (Fsp3) is 0.231. The summed E-state index contributed by atoms with van der Waals surface area (Å²) in [6.45, 7) is 2.51. The highest BCUT2D eigenvalue weighted by Crippen LogP contribution is 2.25. The number of morpholine rings is 1. The summed E-state index contributed by atoms with van der Waals surface area (Å²) in [4.78, 5) is 25.5. The van der Waals surface area contributed by atoms with Gasteiger partial charge in [-0.25, -0.2) is 13.8 Å². The second-order valence-corrected chi connectivity index (χ2v) is 10.5. The summed E-state index contributed by atoms with van der Waals surface area (Å²) in [5.41, 5.74) is 5.10. The molecule has 1 saturated heterocycles. The highest BCUT2D eigenvalue weighted by atomic mass is 32.2. The van der Waals surface area contributed by atoms with Gasteiger partial charge in [0.25, 0.3) is 11.6 Å². The molecule has 0 aliphatic carbocycles. The standard InChI is InChI=1S/C26H27N5O6S/c1-38(35,36)30(19-20-5-3-2-4-6-20)23-9-7-21(8-10-23)26(32)28-27-18-22-17-24(31(33)34)11-12-25(22)29-13-15-37-16-14-29/h2-12,17-18H,13-16,19H2,1H3,(H,28,32)/b27-18-. The van der Waals surface area contributed by atoms with E-state index in [2.05, 4.69) is 10.5 Å². The highest BCUT2D eigenvalue weighted by Gasteiger charge is 2.19. The molecule has 0 unspecified atom stereocenters. The zero-order valence-electron chi connectivity index (χ0n) is 20.7. The number of sulfonamides is 1. The molecule has 4 rings (SSSR count). The van der Waals surface area contributed by atoms with E-state index in [9.17, 15) is 23.3 Å². The Kier molecular flexibility index (Phi) is 8.34. The van der Waals surface area contributed by atoms with E-state index in [-0.39, 0.29) is 17.8 Å². The zero-order valence-corrected chi connectivity index (χ0v) is 21.5. The molecule has 0 bridgehead atoms. The van der Waals surface area contributed by atoms with Crippen molar-refractivity contribution in [3.05, 3.63) is 99.6 Å². The van der Waals surface area contributed by atoms with Gasteiger partial charge in [-0.15, -0.1) is 0 Å². The number of hydrazone groups is 1. The van der Waals surface area contributed by atoms with Gasteiger partial charge in [-0.2, -0.15) is 5.10 Å². The van der Waals surface area contributed by atoms with Gasteiger partial charge < -0.3 is 9.64 Å². The molecule has 3 aromatic rings. The topological polar surface area (TPSA) is 134 Å². The molecule has 0 atom stereocenters. The summed E-state index contributed by atoms with van der Waals surface area (Å²) >= 11 is 0. The second kappa shape index (κ2) is 11.8. The first-order chi connectivity index (χ1) is 18.2. The molecule has 0 spiro atoms. The maximum atomic E-state index is 12.7. The molecule has 0 saturated carbocycles. The first-order valence-corrected chi connectivity index (χ1v) is 13.6. The van der Waals surface area contributed by atoms with Crippen molar-refractivity contribution in [2.24, 2.45) is 5.10 Å². The highest BCUT2D eigenvalue weighted by molar-refractivity contribution is 7.92. The normalized spacial score (nSPS) is 13.9. The Morgan fingerprint density at radius 1 is 1.11 bits per heavy atom. The average Bonchev–Trinajstić information content (AvgIpc) is 2.92. The van der Waals surface area contributed by atoms with Crippen molar-refractivity contribution in [3.8, 4) is 0 Å². The van der Waals surface area contributed by atoms with Crippen LogP contribution in [0.1, 0.15) is 21.5 Å². The van der Waals surface area contributed by atoms with Crippen LogP contribution in [0.4, 0.5) is 17.1 Å². The second-order valence-electron chi connectivity index (χ2n) is 8.60. The quantitative estimate of drug-likeness (QED) is 0.252. The molecule has 1 fully saturated rings. The molecular formula is C26H27N5O6S. The number of anilines is 2. The van der Waals surface area contributed by atoms with Crippen LogP contribution in [0.25, 0.3) is 0 Å². The van der Waals surface area contributed by atoms with Crippen LogP contribution < -0.4 is 14.6 Å². The fourth-order valence-electron chi connectivity index (χ4n) is 4.00. The molecule has 0 radical (unpaired) electrons. The molecule has 1 heterocycles. The number of hydrogen-bond acceptors (Lipinski definition) is 8. The maximum absolute atomic E-state index is 12.7. The minimum atomic E-state index is -3.57. The minimum Gasteiger partial charge on any atom is -0.378 e. The van der Waals surface area contributed by atoms with E-state index in [0.29, 0.717) is 37.6 Å². The predicted molar refractivity (Wildman–Crippen MR) is 145 cm³/mol. The van der Waals surface area contributed by atoms with Crippen LogP contribution in [0.2, 0.25) is 0 Å². The van der Waals surface area contributed by atoms with Crippen molar-refractivity contribution in [3.63, 3.8) is 0 Å². The summed E-state index contributed by atoms with van der Waals surface area (Å²) < 4.78 is 31.5. The molecule has 38 heavy (non-hydrogen) atoms. The van der Waals surface area contributed by atoms with Crippen LogP contribution in [0.15, 0.2) is 77.9 Å². The van der Waals surface area contributed by atoms with E-state index in [1.165, 1.54) is 34.8 Å². The lowest BCUT2D eigenvalue weighted by Gasteiger charge is -2.29. The Morgan fingerprint density at radius 2 is 1.79 bits per heavy atom. The van der Waals surface area contributed by atoms with Crippen LogP contribution in [-0.2, 0) is 21.3 Å². The smallest absolute Gasteiger partial charge is 0.271 e. The number of benzene rings is 3. The monoisotopic (exact) mass is 537 g/mol. The summed E-state index contributed by atoms with van der Waals surface area (Å²) in [7, 11) is -3.57. The SMILES string of the molecule is CS(=O)(=O)N(Cc1ccccc1)c1ccc(C(=O)N/N=C\c2cc([N+](=O)[O-])ccc2N2CCOCC2)cc1. The number of nitro groups is 1. The van der Waals surface area contributed by atoms with E-state index < -0.39 is 20.9 Å². The van der Waals surface area contributed by atoms with Gasteiger partial charge in [0.1, 0.15) is 0 Å². The third kappa shape index (κ3) is 6.72. The van der Waals surface area contributed by atoms with Crippen molar-refractivity contribution in [2.45, 2.75) is 6.54 Å². The molecule has 12 heteroatoms. The summed E-state index contributed by atoms with van der Waals surface area (Å²) in [5, 5.41) is 15.3. The summed E-state index contributed by atoms with van der Waals surface area (Å²) in [5.74, 6) is -0.514. The van der Waals surface area contributed by atoms with Gasteiger partial charge in [-0.1, -0.05) is 30.3 Å². The Hall–Kier alpha value is -4.29. The van der Waals surface area contributed by atoms with Gasteiger partial charge in [-0.05, 0) is 35.9 Å². The number of amides is 1. The van der Waals surface area contributed by atoms with Crippen molar-refractivity contribution in [2.75, 3.05) is 41.8 Å². The number of non-ortho nitro benzene ring substituents is 1. The lowest BCUT2D eigenvalue weighted by atomic mass is 10.1. The predicted octanol–water partition coefficient (Wildman–Crippen LogP) is 3.16. The van der Waals surface area contributed by atoms with Gasteiger partial charge in [-0.3, -0.25) is 19.2 Å². The fourth-order valence-corrected chi connectivity index (χ4v) is 4.89. The van der Waals surface area contributed by atoms with Crippen molar-refractivity contribution < 1.29 is 22.9 Å². The van der Waals surface area contributed by atoms with Crippen LogP contribution >= 0.6 is 0 Å². The largest absolute Gasteiger partial charge is 0.378 e. The van der Waals surface area contributed by atoms with Gasteiger partial charge in [0.05, 0.1) is 42.8 Å². The molecule has 1 aliphatic rings. The maximum Gasteiger partial charge on any atom is 0.271 e. The van der Waals surface area contributed by atoms with E-state index in [0.717, 1.165) is 17.5 Å². The van der Waals surface area contributed by atoms with Crippen LogP contribution in [0.5, 0.6) is 0 Å². The van der Waals surface area contributed by atoms with Crippen molar-refractivity contribution in [1.82, 2.24) is 5.43 Å². The first-order valence-electron chi connectivity index (χ1n) is 11.8. The summed E-state index contributed by atoms with van der Waals surface area (Å²) in [6, 6.07) is 19.8. The third-order valence-corrected chi connectivity index (χ3v) is 7.07. The summed E-state index contributed by atoms with van der Waals surface area (Å²) in [6.07, 6.45) is 2.50. The van der Waals surface area contributed by atoms with E-state index in [1.54, 1.807) is 18.2 Å². The number of hydrogen-bond donors (Lipinski definition) is 1. The number of carbonyl (C=O) groups is 1. The number of nitrogens with one attached hydrogen (secondary N) is 1. The molecule has 3 aromatic carbocycles. The molecule has 1 N–H and O–H groups in total. The molecule has 11 nitrogen and oxygen atoms in total. The van der Waals surface area contributed by atoms with Gasteiger partial charge in [0.15, 0.2) is 0 Å². The average molecular weight is 538 g/mol. The molecule has 1 amide bonds. The van der Waals surface area contributed by atoms with Crippen LogP contribution in [0.3, 0.4) is 0 Å². The van der Waals surface area contributed by atoms with Crippen LogP contribution in [-0.4, -0.2) is 58.0 Å². The van der Waals surface area contributed by atoms with Crippen molar-refractivity contribution in [1.29, 1.82) is 0 Å². The van der Waals surface area contributed by atoms with Crippen molar-refractivity contribution >= 4 is 39.2 Å². The minimum absolute atomic E-state index is 0.0868. The molecule has 1 aliphatic heterocycles. The molecule has 0 aromatic heterocycles. The number of carbonyl (C=O) groups excluding carboxylic acids is 1. The third-order valence-electron chi connectivity index (χ3n) is 5.93. The molecular weight excluding hydrogens is 510 g/mol. The Labute approximate surface area is 220 Å². The van der Waals surface area contributed by atoms with Gasteiger partial charge in [0, 0.05) is 42.0 Å². The Bertz CT molecular complexity index is 1420. The molecule has 198 valence electrons. The number of nitro benzene ring substituents is 1. The number of rotatable bonds is 9.